The molecule has 1 aromatic heterocycles. The Morgan fingerprint density at radius 2 is 2.22 bits per heavy atom. The Bertz CT molecular complexity index is 468. The number of primary amides is 1. The van der Waals surface area contributed by atoms with Gasteiger partial charge in [0.05, 0.1) is 11.8 Å². The Morgan fingerprint density at radius 3 is 2.67 bits per heavy atom. The van der Waals surface area contributed by atoms with Gasteiger partial charge in [-0.25, -0.2) is 4.79 Å². The van der Waals surface area contributed by atoms with Crippen LogP contribution in [0.2, 0.25) is 0 Å². The number of aliphatic carboxylic acids is 1. The highest BCUT2D eigenvalue weighted by Crippen LogP contribution is 2.01. The molecule has 8 nitrogen and oxygen atoms in total. The van der Waals surface area contributed by atoms with Gasteiger partial charge >= 0.3 is 5.97 Å². The van der Waals surface area contributed by atoms with Gasteiger partial charge < -0.3 is 16.2 Å². The molecule has 0 unspecified atom stereocenters. The molecule has 0 aliphatic heterocycles. The van der Waals surface area contributed by atoms with E-state index in [2.05, 4.69) is 10.4 Å². The van der Waals surface area contributed by atoms with Crippen molar-refractivity contribution in [2.45, 2.75) is 18.9 Å². The quantitative estimate of drug-likeness (QED) is 0.591. The second kappa shape index (κ2) is 5.80. The van der Waals surface area contributed by atoms with Crippen molar-refractivity contribution >= 4 is 17.8 Å². The molecule has 4 N–H and O–H groups in total. The number of aromatic nitrogens is 2. The van der Waals surface area contributed by atoms with Crippen molar-refractivity contribution in [3.8, 4) is 0 Å². The lowest BCUT2D eigenvalue weighted by Gasteiger charge is -2.12. The number of rotatable bonds is 6. The van der Waals surface area contributed by atoms with Gasteiger partial charge in [-0.15, -0.1) is 0 Å². The Morgan fingerprint density at radius 1 is 1.56 bits per heavy atom. The highest BCUT2D eigenvalue weighted by molar-refractivity contribution is 5.96. The number of carboxylic acid groups (broad SMARTS) is 1. The predicted octanol–water partition coefficient (Wildman–Crippen LogP) is -1.13. The third kappa shape index (κ3) is 3.89. The first-order valence-electron chi connectivity index (χ1n) is 5.20. The topological polar surface area (TPSA) is 127 Å². The predicted molar refractivity (Wildman–Crippen MR) is 60.5 cm³/mol. The van der Waals surface area contributed by atoms with Crippen molar-refractivity contribution in [2.24, 2.45) is 12.8 Å². The van der Waals surface area contributed by atoms with Crippen LogP contribution < -0.4 is 11.1 Å². The van der Waals surface area contributed by atoms with E-state index >= 15 is 0 Å². The Hall–Kier alpha value is -2.38. The second-order valence-electron chi connectivity index (χ2n) is 3.77. The number of carbonyl (C=O) groups excluding carboxylic acids is 2. The SMILES string of the molecule is Cn1cc(C(=O)N[C@@H](CCC(N)=O)C(=O)O)cn1. The summed E-state index contributed by atoms with van der Waals surface area (Å²) in [5.41, 5.74) is 5.18. The summed E-state index contributed by atoms with van der Waals surface area (Å²) < 4.78 is 1.42. The molecule has 18 heavy (non-hydrogen) atoms. The molecule has 1 heterocycles. The first kappa shape index (κ1) is 13.7. The molecule has 1 aromatic rings. The van der Waals surface area contributed by atoms with Crippen molar-refractivity contribution in [3.63, 3.8) is 0 Å². The maximum absolute atomic E-state index is 11.7. The van der Waals surface area contributed by atoms with E-state index in [1.54, 1.807) is 7.05 Å². The smallest absolute Gasteiger partial charge is 0.326 e. The van der Waals surface area contributed by atoms with Crippen LogP contribution in [0, 0.1) is 0 Å². The second-order valence-corrected chi connectivity index (χ2v) is 3.77. The van der Waals surface area contributed by atoms with Crippen LogP contribution in [-0.4, -0.2) is 38.7 Å². The molecular formula is C10H14N4O4. The van der Waals surface area contributed by atoms with Crippen molar-refractivity contribution in [1.82, 2.24) is 15.1 Å². The Balaban J connectivity index is 2.63. The van der Waals surface area contributed by atoms with Crippen molar-refractivity contribution < 1.29 is 19.5 Å². The van der Waals surface area contributed by atoms with Crippen LogP contribution in [0.5, 0.6) is 0 Å². The van der Waals surface area contributed by atoms with Crippen molar-refractivity contribution in [1.29, 1.82) is 0 Å². The van der Waals surface area contributed by atoms with E-state index in [1.807, 2.05) is 0 Å². The molecule has 0 aromatic carbocycles. The van der Waals surface area contributed by atoms with E-state index in [0.717, 1.165) is 0 Å². The zero-order chi connectivity index (χ0) is 13.7. The number of amides is 2. The van der Waals surface area contributed by atoms with E-state index < -0.39 is 23.8 Å². The fourth-order valence-corrected chi connectivity index (χ4v) is 1.32. The molecule has 1 rings (SSSR count). The van der Waals surface area contributed by atoms with Gasteiger partial charge in [0.1, 0.15) is 6.04 Å². The maximum atomic E-state index is 11.7. The summed E-state index contributed by atoms with van der Waals surface area (Å²) in [5, 5.41) is 15.0. The highest BCUT2D eigenvalue weighted by atomic mass is 16.4. The maximum Gasteiger partial charge on any atom is 0.326 e. The fraction of sp³-hybridized carbons (Fsp3) is 0.400. The van der Waals surface area contributed by atoms with E-state index in [1.165, 1.54) is 17.1 Å². The number of aryl methyl sites for hydroxylation is 1. The van der Waals surface area contributed by atoms with E-state index in [9.17, 15) is 14.4 Å². The summed E-state index contributed by atoms with van der Waals surface area (Å²) in [5.74, 6) is -2.38. The first-order chi connectivity index (χ1) is 8.40. The van der Waals surface area contributed by atoms with Gasteiger partial charge in [-0.05, 0) is 6.42 Å². The number of nitrogens with zero attached hydrogens (tertiary/aromatic N) is 2. The van der Waals surface area contributed by atoms with Gasteiger partial charge in [0, 0.05) is 19.7 Å². The van der Waals surface area contributed by atoms with Crippen LogP contribution in [0.1, 0.15) is 23.2 Å². The van der Waals surface area contributed by atoms with E-state index in [0.29, 0.717) is 0 Å². The summed E-state index contributed by atoms with van der Waals surface area (Å²) in [4.78, 5) is 33.2. The monoisotopic (exact) mass is 254 g/mol. The van der Waals surface area contributed by atoms with Crippen LogP contribution in [-0.2, 0) is 16.6 Å². The molecule has 0 spiro atoms. The highest BCUT2D eigenvalue weighted by Gasteiger charge is 2.21. The summed E-state index contributed by atoms with van der Waals surface area (Å²) >= 11 is 0. The molecule has 0 saturated carbocycles. The van der Waals surface area contributed by atoms with Crippen LogP contribution in [0.4, 0.5) is 0 Å². The van der Waals surface area contributed by atoms with Crippen molar-refractivity contribution in [3.05, 3.63) is 18.0 Å². The van der Waals surface area contributed by atoms with Gasteiger partial charge in [-0.1, -0.05) is 0 Å². The number of carboxylic acids is 1. The molecule has 0 aliphatic rings. The third-order valence-corrected chi connectivity index (χ3v) is 2.25. The van der Waals surface area contributed by atoms with Gasteiger partial charge in [0.15, 0.2) is 0 Å². The molecule has 0 saturated heterocycles. The normalized spacial score (nSPS) is 11.8. The summed E-state index contributed by atoms with van der Waals surface area (Å²) in [6.45, 7) is 0. The van der Waals surface area contributed by atoms with Gasteiger partial charge in [-0.3, -0.25) is 14.3 Å². The van der Waals surface area contributed by atoms with E-state index in [4.69, 9.17) is 10.8 Å². The van der Waals surface area contributed by atoms with Gasteiger partial charge in [0.2, 0.25) is 5.91 Å². The lowest BCUT2D eigenvalue weighted by Crippen LogP contribution is -2.41. The molecule has 0 radical (unpaired) electrons. The van der Waals surface area contributed by atoms with E-state index in [-0.39, 0.29) is 18.4 Å². The number of nitrogens with one attached hydrogen (secondary N) is 1. The average Bonchev–Trinajstić information content (AvgIpc) is 2.70. The fourth-order valence-electron chi connectivity index (χ4n) is 1.32. The van der Waals surface area contributed by atoms with Gasteiger partial charge in [-0.2, -0.15) is 5.10 Å². The summed E-state index contributed by atoms with van der Waals surface area (Å²) in [6.07, 6.45) is 2.63. The minimum Gasteiger partial charge on any atom is -0.480 e. The molecule has 98 valence electrons. The standard InChI is InChI=1S/C10H14N4O4/c1-14-5-6(4-12-14)9(16)13-7(10(17)18)2-3-8(11)15/h4-5,7H,2-3H2,1H3,(H2,11,15)(H,13,16)(H,17,18)/t7-/m0/s1. The zero-order valence-electron chi connectivity index (χ0n) is 9.79. The number of hydrogen-bond donors (Lipinski definition) is 3. The Kier molecular flexibility index (Phi) is 4.41. The summed E-state index contributed by atoms with van der Waals surface area (Å²) in [7, 11) is 1.64. The largest absolute Gasteiger partial charge is 0.480 e. The summed E-state index contributed by atoms with van der Waals surface area (Å²) in [6, 6.07) is -1.15. The third-order valence-electron chi connectivity index (χ3n) is 2.25. The van der Waals surface area contributed by atoms with Crippen LogP contribution in [0.15, 0.2) is 12.4 Å². The van der Waals surface area contributed by atoms with Crippen molar-refractivity contribution in [2.75, 3.05) is 0 Å². The van der Waals surface area contributed by atoms with Gasteiger partial charge in [0.25, 0.3) is 5.91 Å². The molecule has 0 bridgehead atoms. The Labute approximate surface area is 103 Å². The number of hydrogen-bond acceptors (Lipinski definition) is 4. The van der Waals surface area contributed by atoms with Crippen LogP contribution in [0.3, 0.4) is 0 Å². The lowest BCUT2D eigenvalue weighted by molar-refractivity contribution is -0.139. The molecule has 1 atom stereocenters. The average molecular weight is 254 g/mol. The molecule has 2 amide bonds. The lowest BCUT2D eigenvalue weighted by atomic mass is 10.1. The zero-order valence-corrected chi connectivity index (χ0v) is 9.79. The molecule has 0 aliphatic carbocycles. The minimum atomic E-state index is -1.21. The molecule has 8 heteroatoms. The van der Waals surface area contributed by atoms with Crippen LogP contribution >= 0.6 is 0 Å². The number of carbonyl (C=O) groups is 3. The number of nitrogens with two attached hydrogens (primary N) is 1. The minimum absolute atomic E-state index is 0.0450. The van der Waals surface area contributed by atoms with Crippen LogP contribution in [0.25, 0.3) is 0 Å². The molecular weight excluding hydrogens is 240 g/mol. The molecule has 0 fully saturated rings. The first-order valence-corrected chi connectivity index (χ1v) is 5.20.